The van der Waals surface area contributed by atoms with Crippen LogP contribution in [0.15, 0.2) is 24.3 Å². The van der Waals surface area contributed by atoms with Crippen molar-refractivity contribution < 1.29 is 0 Å². The highest BCUT2D eigenvalue weighted by molar-refractivity contribution is 5.75. The summed E-state index contributed by atoms with van der Waals surface area (Å²) in [5.41, 5.74) is 13.6. The average Bonchev–Trinajstić information content (AvgIpc) is 1.99. The quantitative estimate of drug-likeness (QED) is 0.597. The van der Waals surface area contributed by atoms with E-state index in [2.05, 4.69) is 0 Å². The zero-order chi connectivity index (χ0) is 8.27. The highest BCUT2D eigenvalue weighted by Crippen LogP contribution is 2.20. The second kappa shape index (κ2) is 3.10. The largest absolute Gasteiger partial charge is 0.397 e. The Morgan fingerprint density at radius 1 is 1.27 bits per heavy atom. The van der Waals surface area contributed by atoms with Crippen LogP contribution in [-0.2, 0) is 0 Å². The minimum Gasteiger partial charge on any atom is -0.397 e. The smallest absolute Gasteiger partial charge is 0.0621 e. The van der Waals surface area contributed by atoms with Crippen LogP contribution in [0.3, 0.4) is 0 Å². The molecule has 4 N–H and O–H groups in total. The molecule has 0 atom stereocenters. The van der Waals surface area contributed by atoms with Crippen LogP contribution in [0.5, 0.6) is 0 Å². The van der Waals surface area contributed by atoms with E-state index in [-0.39, 0.29) is 0 Å². The summed E-state index contributed by atoms with van der Waals surface area (Å²) < 4.78 is 0. The van der Waals surface area contributed by atoms with Crippen molar-refractivity contribution in [2.45, 2.75) is 6.92 Å². The molecule has 0 aliphatic rings. The third kappa shape index (κ3) is 1.52. The zero-order valence-electron chi connectivity index (χ0n) is 6.54. The average molecular weight is 148 g/mol. The van der Waals surface area contributed by atoms with Crippen LogP contribution in [0.25, 0.3) is 6.08 Å². The fraction of sp³-hybridized carbons (Fsp3) is 0.111. The molecule has 58 valence electrons. The van der Waals surface area contributed by atoms with Crippen molar-refractivity contribution in [3.8, 4) is 0 Å². The van der Waals surface area contributed by atoms with Gasteiger partial charge in [-0.3, -0.25) is 0 Å². The molecule has 1 aromatic carbocycles. The lowest BCUT2D eigenvalue weighted by molar-refractivity contribution is 1.61. The van der Waals surface area contributed by atoms with Gasteiger partial charge in [-0.1, -0.05) is 24.3 Å². The Hall–Kier alpha value is -1.44. The zero-order valence-corrected chi connectivity index (χ0v) is 6.54. The van der Waals surface area contributed by atoms with Gasteiger partial charge in [0.25, 0.3) is 0 Å². The molecule has 0 fully saturated rings. The number of para-hydroxylation sites is 1. The predicted octanol–water partition coefficient (Wildman–Crippen LogP) is 1.88. The van der Waals surface area contributed by atoms with E-state index in [1.54, 1.807) is 6.07 Å². The standard InChI is InChI=1S/C9H12N2/c1-2-4-7-5-3-6-8(10)9(7)11/h2-6H,10-11H2,1H3/b4-2+. The predicted molar refractivity (Wildman–Crippen MR) is 50.0 cm³/mol. The molecule has 0 aromatic heterocycles. The summed E-state index contributed by atoms with van der Waals surface area (Å²) in [6.45, 7) is 1.95. The van der Waals surface area contributed by atoms with Gasteiger partial charge in [-0.05, 0) is 18.6 Å². The Kier molecular flexibility index (Phi) is 2.16. The molecule has 0 bridgehead atoms. The molecule has 0 saturated carbocycles. The second-order valence-corrected chi connectivity index (χ2v) is 2.35. The molecule has 0 aliphatic heterocycles. The Morgan fingerprint density at radius 3 is 2.64 bits per heavy atom. The first-order valence-electron chi connectivity index (χ1n) is 3.52. The summed E-state index contributed by atoms with van der Waals surface area (Å²) in [5, 5.41) is 0. The summed E-state index contributed by atoms with van der Waals surface area (Å²) >= 11 is 0. The Labute approximate surface area is 66.5 Å². The van der Waals surface area contributed by atoms with Gasteiger partial charge >= 0.3 is 0 Å². The minimum atomic E-state index is 0.639. The number of nitrogen functional groups attached to an aromatic ring is 2. The van der Waals surface area contributed by atoms with Gasteiger partial charge in [0, 0.05) is 0 Å². The number of hydrogen-bond acceptors (Lipinski definition) is 2. The van der Waals surface area contributed by atoms with Gasteiger partial charge in [-0.25, -0.2) is 0 Å². The SMILES string of the molecule is C/C=C/c1cccc(N)c1N. The molecule has 1 rings (SSSR count). The van der Waals surface area contributed by atoms with Gasteiger partial charge in [-0.2, -0.15) is 0 Å². The van der Waals surface area contributed by atoms with Crippen LogP contribution in [0.2, 0.25) is 0 Å². The summed E-state index contributed by atoms with van der Waals surface area (Å²) in [5.74, 6) is 0. The number of anilines is 2. The molecular formula is C9H12N2. The first kappa shape index (κ1) is 7.66. The third-order valence-electron chi connectivity index (χ3n) is 1.52. The topological polar surface area (TPSA) is 52.0 Å². The second-order valence-electron chi connectivity index (χ2n) is 2.35. The number of allylic oxidation sites excluding steroid dienone is 1. The Morgan fingerprint density at radius 2 is 2.00 bits per heavy atom. The van der Waals surface area contributed by atoms with E-state index in [9.17, 15) is 0 Å². The third-order valence-corrected chi connectivity index (χ3v) is 1.52. The number of hydrogen-bond donors (Lipinski definition) is 2. The molecule has 2 nitrogen and oxygen atoms in total. The molecule has 0 amide bonds. The number of benzene rings is 1. The van der Waals surface area contributed by atoms with Crippen LogP contribution in [0.4, 0.5) is 11.4 Å². The van der Waals surface area contributed by atoms with Crippen molar-refractivity contribution in [3.63, 3.8) is 0 Å². The van der Waals surface area contributed by atoms with Crippen molar-refractivity contribution in [1.29, 1.82) is 0 Å². The minimum absolute atomic E-state index is 0.639. The van der Waals surface area contributed by atoms with Gasteiger partial charge in [0.2, 0.25) is 0 Å². The lowest BCUT2D eigenvalue weighted by Crippen LogP contribution is -1.95. The van der Waals surface area contributed by atoms with Crippen molar-refractivity contribution in [2.75, 3.05) is 11.5 Å². The van der Waals surface area contributed by atoms with Crippen LogP contribution in [-0.4, -0.2) is 0 Å². The van der Waals surface area contributed by atoms with E-state index in [0.717, 1.165) is 5.56 Å². The Balaban J connectivity index is 3.16. The number of rotatable bonds is 1. The highest BCUT2D eigenvalue weighted by atomic mass is 14.7. The summed E-state index contributed by atoms with van der Waals surface area (Å²) in [4.78, 5) is 0. The molecule has 0 radical (unpaired) electrons. The maximum Gasteiger partial charge on any atom is 0.0621 e. The fourth-order valence-corrected chi connectivity index (χ4v) is 0.927. The van der Waals surface area contributed by atoms with Crippen molar-refractivity contribution in [1.82, 2.24) is 0 Å². The summed E-state index contributed by atoms with van der Waals surface area (Å²) in [6.07, 6.45) is 3.87. The van der Waals surface area contributed by atoms with Gasteiger partial charge in [0.05, 0.1) is 11.4 Å². The molecule has 0 spiro atoms. The first-order valence-corrected chi connectivity index (χ1v) is 3.52. The van der Waals surface area contributed by atoms with Crippen LogP contribution >= 0.6 is 0 Å². The van der Waals surface area contributed by atoms with Crippen LogP contribution in [0, 0.1) is 0 Å². The molecule has 0 aliphatic carbocycles. The van der Waals surface area contributed by atoms with Gasteiger partial charge in [0.1, 0.15) is 0 Å². The normalized spacial score (nSPS) is 10.6. The maximum atomic E-state index is 5.69. The van der Waals surface area contributed by atoms with Gasteiger partial charge in [-0.15, -0.1) is 0 Å². The summed E-state index contributed by atoms with van der Waals surface area (Å²) in [7, 11) is 0. The van der Waals surface area contributed by atoms with Crippen molar-refractivity contribution >= 4 is 17.5 Å². The Bertz CT molecular complexity index is 277. The number of nitrogens with two attached hydrogens (primary N) is 2. The summed E-state index contributed by atoms with van der Waals surface area (Å²) in [6, 6.07) is 5.62. The highest BCUT2D eigenvalue weighted by Gasteiger charge is 1.96. The van der Waals surface area contributed by atoms with Crippen molar-refractivity contribution in [3.05, 3.63) is 29.8 Å². The van der Waals surface area contributed by atoms with E-state index in [1.165, 1.54) is 0 Å². The molecule has 11 heavy (non-hydrogen) atoms. The first-order chi connectivity index (χ1) is 5.25. The molecule has 1 aromatic rings. The van der Waals surface area contributed by atoms with E-state index in [1.807, 2.05) is 31.2 Å². The lowest BCUT2D eigenvalue weighted by atomic mass is 10.1. The molecule has 0 heterocycles. The molecule has 0 saturated heterocycles. The monoisotopic (exact) mass is 148 g/mol. The molecule has 2 heteroatoms. The van der Waals surface area contributed by atoms with E-state index < -0.39 is 0 Å². The lowest BCUT2D eigenvalue weighted by Gasteiger charge is -2.02. The van der Waals surface area contributed by atoms with Crippen LogP contribution < -0.4 is 11.5 Å². The van der Waals surface area contributed by atoms with Crippen molar-refractivity contribution in [2.24, 2.45) is 0 Å². The van der Waals surface area contributed by atoms with Crippen LogP contribution in [0.1, 0.15) is 12.5 Å². The van der Waals surface area contributed by atoms with E-state index >= 15 is 0 Å². The van der Waals surface area contributed by atoms with E-state index in [4.69, 9.17) is 11.5 Å². The molecular weight excluding hydrogens is 136 g/mol. The van der Waals surface area contributed by atoms with Gasteiger partial charge in [0.15, 0.2) is 0 Å². The van der Waals surface area contributed by atoms with E-state index in [0.29, 0.717) is 11.4 Å². The fourth-order valence-electron chi connectivity index (χ4n) is 0.927. The van der Waals surface area contributed by atoms with Gasteiger partial charge < -0.3 is 11.5 Å². The molecule has 0 unspecified atom stereocenters. The maximum absolute atomic E-state index is 5.69.